The number of hydrogen-bond acceptors (Lipinski definition) is 9. The Labute approximate surface area is 150 Å². The number of anilines is 2. The Morgan fingerprint density at radius 3 is 2.65 bits per heavy atom. The highest BCUT2D eigenvalue weighted by Crippen LogP contribution is 2.35. The van der Waals surface area contributed by atoms with Gasteiger partial charge in [-0.15, -0.1) is 0 Å². The maximum absolute atomic E-state index is 10.5. The van der Waals surface area contributed by atoms with Crippen LogP contribution in [0.2, 0.25) is 0 Å². The van der Waals surface area contributed by atoms with Gasteiger partial charge in [0.05, 0.1) is 6.61 Å². The second-order valence-corrected chi connectivity index (χ2v) is 6.94. The summed E-state index contributed by atoms with van der Waals surface area (Å²) in [5, 5.41) is 33.4. The largest absolute Gasteiger partial charge is 0.394 e. The zero-order chi connectivity index (χ0) is 18.3. The fraction of sp³-hybridized carbons (Fsp3) is 0.688. The first kappa shape index (κ1) is 17.4. The summed E-state index contributed by atoms with van der Waals surface area (Å²) in [5.74, 6) is 0.695. The summed E-state index contributed by atoms with van der Waals surface area (Å²) >= 11 is 0. The van der Waals surface area contributed by atoms with E-state index in [1.807, 2.05) is 0 Å². The van der Waals surface area contributed by atoms with E-state index in [4.69, 9.17) is 10.5 Å². The second-order valence-electron chi connectivity index (χ2n) is 6.94. The average Bonchev–Trinajstić information content (AvgIpc) is 3.15. The van der Waals surface area contributed by atoms with Crippen LogP contribution >= 0.6 is 0 Å². The Kier molecular flexibility index (Phi) is 4.65. The van der Waals surface area contributed by atoms with Crippen LogP contribution in [-0.2, 0) is 4.74 Å². The molecule has 2 aromatic rings. The standard InChI is InChI=1S/C16H24N6O4/c17-13-10-14(19-7-18-13)22(15-12(25)11(24)9(6-23)26-15)16(21-10)20-8-4-2-1-3-5-8/h7-9,11-12,15,23-25H,1-6H2,(H,20,21)(H2,17,18,19)/t9-,11+,12+,15+/m0/s1. The molecule has 2 aromatic heterocycles. The number of ether oxygens (including phenoxy) is 1. The van der Waals surface area contributed by atoms with Crippen molar-refractivity contribution in [1.82, 2.24) is 19.5 Å². The molecule has 4 rings (SSSR count). The summed E-state index contributed by atoms with van der Waals surface area (Å²) in [6.45, 7) is -0.399. The average molecular weight is 364 g/mol. The minimum absolute atomic E-state index is 0.229. The van der Waals surface area contributed by atoms with Crippen molar-refractivity contribution in [2.45, 2.75) is 62.7 Å². The number of nitrogen functional groups attached to an aromatic ring is 1. The number of nitrogens with one attached hydrogen (secondary N) is 1. The van der Waals surface area contributed by atoms with Gasteiger partial charge >= 0.3 is 0 Å². The molecular formula is C16H24N6O4. The van der Waals surface area contributed by atoms with E-state index in [0.29, 0.717) is 17.1 Å². The van der Waals surface area contributed by atoms with Crippen molar-refractivity contribution in [3.8, 4) is 0 Å². The first-order chi connectivity index (χ1) is 12.6. The zero-order valence-electron chi connectivity index (χ0n) is 14.3. The highest BCUT2D eigenvalue weighted by atomic mass is 16.6. The van der Waals surface area contributed by atoms with Gasteiger partial charge in [0.25, 0.3) is 0 Å². The molecule has 1 saturated heterocycles. The Morgan fingerprint density at radius 1 is 1.19 bits per heavy atom. The Bertz CT molecular complexity index is 777. The fourth-order valence-corrected chi connectivity index (χ4v) is 3.79. The van der Waals surface area contributed by atoms with Crippen molar-refractivity contribution in [3.63, 3.8) is 0 Å². The molecule has 1 aliphatic carbocycles. The number of imidazole rings is 1. The summed E-state index contributed by atoms with van der Waals surface area (Å²) in [6, 6.07) is 0.255. The lowest BCUT2D eigenvalue weighted by molar-refractivity contribution is -0.0502. The van der Waals surface area contributed by atoms with Gasteiger partial charge in [-0.3, -0.25) is 4.57 Å². The molecule has 1 aliphatic heterocycles. The van der Waals surface area contributed by atoms with E-state index in [-0.39, 0.29) is 11.9 Å². The molecule has 0 unspecified atom stereocenters. The molecule has 0 spiro atoms. The summed E-state index contributed by atoms with van der Waals surface area (Å²) < 4.78 is 7.29. The number of nitrogens with zero attached hydrogens (tertiary/aromatic N) is 4. The van der Waals surface area contributed by atoms with E-state index in [2.05, 4.69) is 20.3 Å². The van der Waals surface area contributed by atoms with Crippen LogP contribution in [0, 0.1) is 0 Å². The van der Waals surface area contributed by atoms with Crippen LogP contribution in [0.5, 0.6) is 0 Å². The van der Waals surface area contributed by atoms with Crippen molar-refractivity contribution >= 4 is 22.9 Å². The molecular weight excluding hydrogens is 340 g/mol. The third kappa shape index (κ3) is 2.88. The first-order valence-electron chi connectivity index (χ1n) is 8.97. The summed E-state index contributed by atoms with van der Waals surface area (Å²) in [4.78, 5) is 12.7. The Hall–Kier alpha value is -2.01. The lowest BCUT2D eigenvalue weighted by Crippen LogP contribution is -2.33. The van der Waals surface area contributed by atoms with Crippen LogP contribution in [-0.4, -0.2) is 65.8 Å². The van der Waals surface area contributed by atoms with Crippen molar-refractivity contribution in [3.05, 3.63) is 6.33 Å². The molecule has 0 amide bonds. The predicted molar refractivity (Wildman–Crippen MR) is 93.2 cm³/mol. The molecule has 2 aliphatic rings. The van der Waals surface area contributed by atoms with E-state index in [1.165, 1.54) is 12.7 Å². The predicted octanol–water partition coefficient (Wildman–Crippen LogP) is -0.235. The molecule has 0 aromatic carbocycles. The molecule has 142 valence electrons. The maximum atomic E-state index is 10.5. The van der Waals surface area contributed by atoms with Crippen LogP contribution in [0.25, 0.3) is 11.2 Å². The van der Waals surface area contributed by atoms with E-state index in [1.54, 1.807) is 4.57 Å². The van der Waals surface area contributed by atoms with Crippen molar-refractivity contribution in [2.24, 2.45) is 0 Å². The van der Waals surface area contributed by atoms with Crippen LogP contribution in [0.1, 0.15) is 38.3 Å². The normalized spacial score (nSPS) is 30.1. The topological polar surface area (TPSA) is 152 Å². The molecule has 6 N–H and O–H groups in total. The van der Waals surface area contributed by atoms with Crippen LogP contribution < -0.4 is 11.1 Å². The van der Waals surface area contributed by atoms with Gasteiger partial charge in [-0.25, -0.2) is 15.0 Å². The lowest BCUT2D eigenvalue weighted by atomic mass is 9.96. The van der Waals surface area contributed by atoms with E-state index in [0.717, 1.165) is 25.7 Å². The van der Waals surface area contributed by atoms with Crippen molar-refractivity contribution in [1.29, 1.82) is 0 Å². The van der Waals surface area contributed by atoms with Gasteiger partial charge in [-0.1, -0.05) is 19.3 Å². The van der Waals surface area contributed by atoms with Crippen LogP contribution in [0.4, 0.5) is 11.8 Å². The fourth-order valence-electron chi connectivity index (χ4n) is 3.79. The number of aliphatic hydroxyl groups excluding tert-OH is 3. The third-order valence-electron chi connectivity index (χ3n) is 5.22. The SMILES string of the molecule is Nc1ncnc2c1nc(NC1CCCCC1)n2[C@@H]1O[C@@H](CO)[C@@H](O)[C@H]1O. The monoisotopic (exact) mass is 364 g/mol. The van der Waals surface area contributed by atoms with Gasteiger partial charge < -0.3 is 31.1 Å². The summed E-state index contributed by atoms with van der Waals surface area (Å²) in [6.07, 6.45) is 2.64. The zero-order valence-corrected chi connectivity index (χ0v) is 14.3. The maximum Gasteiger partial charge on any atom is 0.207 e. The molecule has 0 bridgehead atoms. The Morgan fingerprint density at radius 2 is 1.96 bits per heavy atom. The van der Waals surface area contributed by atoms with Gasteiger partial charge in [0.2, 0.25) is 5.95 Å². The lowest BCUT2D eigenvalue weighted by Gasteiger charge is -2.25. The van der Waals surface area contributed by atoms with Gasteiger partial charge in [0, 0.05) is 6.04 Å². The van der Waals surface area contributed by atoms with Crippen molar-refractivity contribution < 1.29 is 20.1 Å². The van der Waals surface area contributed by atoms with E-state index in [9.17, 15) is 15.3 Å². The molecule has 1 saturated carbocycles. The third-order valence-corrected chi connectivity index (χ3v) is 5.22. The Balaban J connectivity index is 1.76. The van der Waals surface area contributed by atoms with Gasteiger partial charge in [0.15, 0.2) is 23.2 Å². The first-order valence-corrected chi connectivity index (χ1v) is 8.97. The number of aliphatic hydroxyl groups is 3. The molecule has 4 atom stereocenters. The minimum atomic E-state index is -1.23. The number of aromatic nitrogens is 4. The van der Waals surface area contributed by atoms with Gasteiger partial charge in [-0.05, 0) is 12.8 Å². The van der Waals surface area contributed by atoms with E-state index >= 15 is 0 Å². The van der Waals surface area contributed by atoms with Gasteiger partial charge in [-0.2, -0.15) is 0 Å². The van der Waals surface area contributed by atoms with Crippen molar-refractivity contribution in [2.75, 3.05) is 17.7 Å². The molecule has 2 fully saturated rings. The molecule has 0 radical (unpaired) electrons. The number of fused-ring (bicyclic) bond motifs is 1. The van der Waals surface area contributed by atoms with Gasteiger partial charge in [0.1, 0.15) is 24.6 Å². The quantitative estimate of drug-likeness (QED) is 0.495. The highest BCUT2D eigenvalue weighted by molar-refractivity contribution is 5.84. The second kappa shape index (κ2) is 6.95. The van der Waals surface area contributed by atoms with E-state index < -0.39 is 31.1 Å². The summed E-state index contributed by atoms with van der Waals surface area (Å²) in [7, 11) is 0. The molecule has 26 heavy (non-hydrogen) atoms. The molecule has 10 heteroatoms. The van der Waals surface area contributed by atoms with Crippen LogP contribution in [0.15, 0.2) is 6.33 Å². The highest BCUT2D eigenvalue weighted by Gasteiger charge is 2.45. The number of rotatable bonds is 4. The summed E-state index contributed by atoms with van der Waals surface area (Å²) in [5.41, 5.74) is 6.75. The molecule has 3 heterocycles. The van der Waals surface area contributed by atoms with Crippen LogP contribution in [0.3, 0.4) is 0 Å². The smallest absolute Gasteiger partial charge is 0.207 e. The molecule has 10 nitrogen and oxygen atoms in total. The minimum Gasteiger partial charge on any atom is -0.394 e. The number of nitrogens with two attached hydrogens (primary N) is 1. The number of hydrogen-bond donors (Lipinski definition) is 5.